The third-order valence-corrected chi connectivity index (χ3v) is 1.83. The second-order valence-corrected chi connectivity index (χ2v) is 2.80. The number of imidazole rings is 1. The highest BCUT2D eigenvalue weighted by atomic mass is 35.5. The molecule has 0 spiro atoms. The quantitative estimate of drug-likeness (QED) is 0.585. The van der Waals surface area contributed by atoms with E-state index in [4.69, 9.17) is 11.6 Å². The highest BCUT2D eigenvalue weighted by Crippen LogP contribution is 2.11. The van der Waals surface area contributed by atoms with Crippen molar-refractivity contribution in [2.45, 2.75) is 6.92 Å². The molecule has 0 saturated heterocycles. The van der Waals surface area contributed by atoms with Crippen molar-refractivity contribution in [2.75, 3.05) is 0 Å². The summed E-state index contributed by atoms with van der Waals surface area (Å²) in [6, 6.07) is 3.94. The number of pyridine rings is 1. The predicted molar refractivity (Wildman–Crippen MR) is 43.8 cm³/mol. The molecule has 2 rings (SSSR count). The molecule has 0 saturated carbocycles. The van der Waals surface area contributed by atoms with Crippen LogP contribution in [-0.2, 0) is 0 Å². The van der Waals surface area contributed by atoms with Crippen molar-refractivity contribution < 1.29 is 0 Å². The Morgan fingerprint density at radius 1 is 1.64 bits per heavy atom. The van der Waals surface area contributed by atoms with Gasteiger partial charge in [-0.15, -0.1) is 0 Å². The van der Waals surface area contributed by atoms with Crippen LogP contribution in [0.4, 0.5) is 0 Å². The van der Waals surface area contributed by atoms with E-state index >= 15 is 0 Å². The summed E-state index contributed by atoms with van der Waals surface area (Å²) in [5.74, 6) is 0. The van der Waals surface area contributed by atoms with E-state index < -0.39 is 0 Å². The summed E-state index contributed by atoms with van der Waals surface area (Å²) in [7, 11) is 0. The minimum Gasteiger partial charge on any atom is -0.290 e. The first-order chi connectivity index (χ1) is 5.27. The van der Waals surface area contributed by atoms with Gasteiger partial charge in [-0.25, -0.2) is 4.98 Å². The fourth-order valence-electron chi connectivity index (χ4n) is 0.999. The van der Waals surface area contributed by atoms with Crippen LogP contribution in [0.25, 0.3) is 5.65 Å². The number of aromatic nitrogens is 2. The van der Waals surface area contributed by atoms with Gasteiger partial charge in [-0.2, -0.15) is 0 Å². The van der Waals surface area contributed by atoms with Gasteiger partial charge in [0, 0.05) is 6.20 Å². The van der Waals surface area contributed by atoms with Crippen molar-refractivity contribution >= 4 is 17.2 Å². The molecule has 55 valence electrons. The van der Waals surface area contributed by atoms with Crippen LogP contribution in [0.2, 0.25) is 5.15 Å². The molecule has 2 aromatic heterocycles. The molecular formula is C8H6ClN2. The van der Waals surface area contributed by atoms with E-state index in [1.54, 1.807) is 4.40 Å². The van der Waals surface area contributed by atoms with Crippen molar-refractivity contribution in [1.29, 1.82) is 0 Å². The van der Waals surface area contributed by atoms with E-state index in [-0.39, 0.29) is 0 Å². The zero-order chi connectivity index (χ0) is 7.84. The largest absolute Gasteiger partial charge is 0.290 e. The van der Waals surface area contributed by atoms with Crippen LogP contribution >= 0.6 is 11.6 Å². The highest BCUT2D eigenvalue weighted by molar-refractivity contribution is 6.29. The smallest absolute Gasteiger partial charge is 0.143 e. The second kappa shape index (κ2) is 2.24. The average Bonchev–Trinajstić information content (AvgIpc) is 2.32. The van der Waals surface area contributed by atoms with Crippen LogP contribution in [0.3, 0.4) is 0 Å². The maximum Gasteiger partial charge on any atom is 0.143 e. The van der Waals surface area contributed by atoms with Gasteiger partial charge in [0.2, 0.25) is 0 Å². The van der Waals surface area contributed by atoms with Crippen LogP contribution in [0.1, 0.15) is 5.56 Å². The third-order valence-electron chi connectivity index (χ3n) is 1.56. The number of fused-ring (bicyclic) bond motifs is 1. The van der Waals surface area contributed by atoms with E-state index in [2.05, 4.69) is 11.2 Å². The predicted octanol–water partition coefficient (Wildman–Crippen LogP) is 2.10. The molecule has 0 aliphatic carbocycles. The topological polar surface area (TPSA) is 17.3 Å². The van der Waals surface area contributed by atoms with E-state index in [0.29, 0.717) is 5.15 Å². The lowest BCUT2D eigenvalue weighted by Gasteiger charge is -1.94. The zero-order valence-corrected chi connectivity index (χ0v) is 6.76. The van der Waals surface area contributed by atoms with Gasteiger partial charge in [0.25, 0.3) is 0 Å². The Balaban J connectivity index is 2.86. The summed E-state index contributed by atoms with van der Waals surface area (Å²) in [5, 5.41) is 0.528. The Kier molecular flexibility index (Phi) is 1.36. The van der Waals surface area contributed by atoms with Crippen molar-refractivity contribution in [2.24, 2.45) is 0 Å². The first-order valence-electron chi connectivity index (χ1n) is 3.29. The lowest BCUT2D eigenvalue weighted by Crippen LogP contribution is -1.83. The molecule has 2 nitrogen and oxygen atoms in total. The Morgan fingerprint density at radius 2 is 2.45 bits per heavy atom. The number of aryl methyl sites for hydroxylation is 1. The molecular weight excluding hydrogens is 160 g/mol. The van der Waals surface area contributed by atoms with Gasteiger partial charge in [0.05, 0.1) is 0 Å². The molecule has 0 unspecified atom stereocenters. The lowest BCUT2D eigenvalue weighted by atomic mass is 10.3. The Labute approximate surface area is 69.4 Å². The van der Waals surface area contributed by atoms with Gasteiger partial charge in [-0.1, -0.05) is 11.6 Å². The molecule has 2 aromatic rings. The minimum atomic E-state index is 0.528. The van der Waals surface area contributed by atoms with Crippen LogP contribution in [-0.4, -0.2) is 9.38 Å². The van der Waals surface area contributed by atoms with Gasteiger partial charge < -0.3 is 0 Å². The third kappa shape index (κ3) is 0.994. The molecule has 0 N–H and O–H groups in total. The second-order valence-electron chi connectivity index (χ2n) is 2.45. The summed E-state index contributed by atoms with van der Waals surface area (Å²) in [4.78, 5) is 3.99. The van der Waals surface area contributed by atoms with Crippen LogP contribution in [0.5, 0.6) is 0 Å². The Morgan fingerprint density at radius 3 is 3.27 bits per heavy atom. The SMILES string of the molecule is Cc1ccn2c(Cl)[c]nc2c1. The Hall–Kier alpha value is -1.02. The summed E-state index contributed by atoms with van der Waals surface area (Å²) < 4.78 is 1.79. The van der Waals surface area contributed by atoms with E-state index in [0.717, 1.165) is 5.65 Å². The molecule has 0 bridgehead atoms. The average molecular weight is 166 g/mol. The van der Waals surface area contributed by atoms with Crippen LogP contribution < -0.4 is 0 Å². The number of nitrogens with zero attached hydrogens (tertiary/aromatic N) is 2. The van der Waals surface area contributed by atoms with Crippen LogP contribution in [0.15, 0.2) is 18.3 Å². The number of halogens is 1. The van der Waals surface area contributed by atoms with E-state index in [9.17, 15) is 0 Å². The molecule has 0 aromatic carbocycles. The van der Waals surface area contributed by atoms with Gasteiger partial charge in [0.15, 0.2) is 0 Å². The lowest BCUT2D eigenvalue weighted by molar-refractivity contribution is 1.17. The van der Waals surface area contributed by atoms with E-state index in [1.165, 1.54) is 5.56 Å². The molecule has 1 radical (unpaired) electrons. The van der Waals surface area contributed by atoms with E-state index in [1.807, 2.05) is 25.3 Å². The minimum absolute atomic E-state index is 0.528. The fraction of sp³-hybridized carbons (Fsp3) is 0.125. The normalized spacial score (nSPS) is 10.7. The highest BCUT2D eigenvalue weighted by Gasteiger charge is 1.98. The first-order valence-corrected chi connectivity index (χ1v) is 3.67. The summed E-state index contributed by atoms with van der Waals surface area (Å²) in [6.45, 7) is 2.02. The summed E-state index contributed by atoms with van der Waals surface area (Å²) >= 11 is 5.77. The molecule has 0 aliphatic heterocycles. The summed E-state index contributed by atoms with van der Waals surface area (Å²) in [5.41, 5.74) is 2.02. The van der Waals surface area contributed by atoms with Crippen molar-refractivity contribution in [3.05, 3.63) is 35.2 Å². The molecule has 0 amide bonds. The molecule has 0 fully saturated rings. The number of hydrogen-bond donors (Lipinski definition) is 0. The number of rotatable bonds is 0. The molecule has 11 heavy (non-hydrogen) atoms. The first kappa shape index (κ1) is 6.68. The van der Waals surface area contributed by atoms with Gasteiger partial charge in [-0.05, 0) is 24.6 Å². The maximum atomic E-state index is 5.77. The molecule has 2 heterocycles. The monoisotopic (exact) mass is 165 g/mol. The number of hydrogen-bond acceptors (Lipinski definition) is 1. The zero-order valence-electron chi connectivity index (χ0n) is 6.00. The van der Waals surface area contributed by atoms with Gasteiger partial charge in [0.1, 0.15) is 17.0 Å². The van der Waals surface area contributed by atoms with Crippen molar-refractivity contribution in [3.8, 4) is 0 Å². The standard InChI is InChI=1S/C8H6ClN2/c1-6-2-3-11-7(9)5-10-8(11)4-6/h2-4H,1H3. The molecule has 0 aliphatic rings. The fourth-order valence-corrected chi connectivity index (χ4v) is 1.18. The van der Waals surface area contributed by atoms with Crippen LogP contribution in [0, 0.1) is 13.1 Å². The summed E-state index contributed by atoms with van der Waals surface area (Å²) in [6.07, 6.45) is 4.57. The maximum absolute atomic E-state index is 5.77. The van der Waals surface area contributed by atoms with Crippen molar-refractivity contribution in [1.82, 2.24) is 9.38 Å². The molecule has 0 atom stereocenters. The van der Waals surface area contributed by atoms with Crippen molar-refractivity contribution in [3.63, 3.8) is 0 Å². The Bertz CT molecular complexity index is 392. The molecule has 3 heteroatoms. The van der Waals surface area contributed by atoms with Gasteiger partial charge in [-0.3, -0.25) is 4.40 Å². The van der Waals surface area contributed by atoms with Gasteiger partial charge >= 0.3 is 0 Å².